The van der Waals surface area contributed by atoms with Crippen LogP contribution in [0.4, 0.5) is 0 Å². The summed E-state index contributed by atoms with van der Waals surface area (Å²) in [5, 5.41) is 0. The van der Waals surface area contributed by atoms with E-state index in [-0.39, 0.29) is 31.6 Å². The fraction of sp³-hybridized carbons (Fsp3) is 0.567. The number of hydrogen-bond acceptors (Lipinski definition) is 6. The lowest BCUT2D eigenvalue weighted by Crippen LogP contribution is -2.30. The van der Waals surface area contributed by atoms with Crippen molar-refractivity contribution >= 4 is 17.9 Å². The van der Waals surface area contributed by atoms with Crippen molar-refractivity contribution in [2.24, 2.45) is 0 Å². The molecule has 0 aliphatic carbocycles. The second-order valence-corrected chi connectivity index (χ2v) is 18.5. The van der Waals surface area contributed by atoms with Crippen LogP contribution in [0.15, 0.2) is 158 Å². The molecule has 0 rings (SSSR count). The van der Waals surface area contributed by atoms with E-state index in [0.717, 1.165) is 128 Å². The highest BCUT2D eigenvalue weighted by molar-refractivity contribution is 5.71. The molecule has 0 aromatic rings. The lowest BCUT2D eigenvalue weighted by atomic mass is 10.1. The van der Waals surface area contributed by atoms with E-state index in [1.807, 2.05) is 0 Å². The van der Waals surface area contributed by atoms with Gasteiger partial charge in [0.15, 0.2) is 6.10 Å². The predicted molar refractivity (Wildman–Crippen MR) is 315 cm³/mol. The monoisotopic (exact) mass is 1000 g/mol. The molecule has 0 aliphatic heterocycles. The van der Waals surface area contributed by atoms with Crippen LogP contribution in [0.25, 0.3) is 0 Å². The average Bonchev–Trinajstić information content (AvgIpc) is 3.39. The highest BCUT2D eigenvalue weighted by Crippen LogP contribution is 2.11. The normalized spacial score (nSPS) is 12.9. The molecule has 0 aliphatic rings. The molecule has 0 aromatic carbocycles. The van der Waals surface area contributed by atoms with Gasteiger partial charge in [0, 0.05) is 19.3 Å². The second kappa shape index (κ2) is 59.6. The zero-order chi connectivity index (χ0) is 52.9. The number of carbonyl (C=O) groups is 3. The Morgan fingerprint density at radius 3 is 0.849 bits per heavy atom. The molecule has 408 valence electrons. The third-order valence-corrected chi connectivity index (χ3v) is 11.5. The van der Waals surface area contributed by atoms with Crippen LogP contribution < -0.4 is 0 Å². The molecule has 0 spiro atoms. The van der Waals surface area contributed by atoms with Gasteiger partial charge in [0.1, 0.15) is 13.2 Å². The van der Waals surface area contributed by atoms with Crippen molar-refractivity contribution in [2.75, 3.05) is 13.2 Å². The standard InChI is InChI=1S/C67H104O6/c1-4-7-10-13-16-19-22-25-28-31-33-36-38-41-44-47-50-53-56-59-65(68)71-62-64(73-67(70)61-58-55-52-49-46-43-40-35-30-27-24-21-18-15-12-9-6-3)63-72-66(69)60-57-54-51-48-45-42-39-37-34-32-29-26-23-20-17-14-11-8-5-2/h9,12,16-21,25-30,33-34,36-37,40-45,49,52,64H,4-8,10-11,13-15,22-24,31-32,35,38-39,46-48,50-51,53-63H2,1-3H3/b12-9-,19-16-,20-17-,21-18-,28-25-,29-26-,30-27-,36-33-,37-34-,43-40-,44-41-,45-42-,52-49-. The first kappa shape index (κ1) is 68.0. The molecular weight excluding hydrogens is 901 g/mol. The van der Waals surface area contributed by atoms with Crippen LogP contribution in [-0.2, 0) is 28.6 Å². The van der Waals surface area contributed by atoms with Crippen LogP contribution in [0.2, 0.25) is 0 Å². The fourth-order valence-corrected chi connectivity index (χ4v) is 7.15. The van der Waals surface area contributed by atoms with Gasteiger partial charge in [-0.05, 0) is 148 Å². The average molecular weight is 1010 g/mol. The molecule has 6 nitrogen and oxygen atoms in total. The van der Waals surface area contributed by atoms with Crippen LogP contribution in [-0.4, -0.2) is 37.2 Å². The number of esters is 3. The third kappa shape index (κ3) is 57.8. The van der Waals surface area contributed by atoms with Crippen LogP contribution in [0.5, 0.6) is 0 Å². The first-order valence-electron chi connectivity index (χ1n) is 29.0. The largest absolute Gasteiger partial charge is 0.462 e. The minimum Gasteiger partial charge on any atom is -0.462 e. The van der Waals surface area contributed by atoms with Gasteiger partial charge in [-0.25, -0.2) is 0 Å². The maximum atomic E-state index is 12.8. The van der Waals surface area contributed by atoms with Crippen molar-refractivity contribution in [3.8, 4) is 0 Å². The van der Waals surface area contributed by atoms with E-state index in [2.05, 4.69) is 179 Å². The van der Waals surface area contributed by atoms with Crippen LogP contribution >= 0.6 is 0 Å². The van der Waals surface area contributed by atoms with E-state index in [4.69, 9.17) is 14.2 Å². The molecule has 0 bridgehead atoms. The van der Waals surface area contributed by atoms with E-state index < -0.39 is 12.1 Å². The fourth-order valence-electron chi connectivity index (χ4n) is 7.15. The second-order valence-electron chi connectivity index (χ2n) is 18.5. The van der Waals surface area contributed by atoms with Crippen molar-refractivity contribution in [3.63, 3.8) is 0 Å². The van der Waals surface area contributed by atoms with Gasteiger partial charge < -0.3 is 14.2 Å². The van der Waals surface area contributed by atoms with Gasteiger partial charge in [-0.15, -0.1) is 0 Å². The Kier molecular flexibility index (Phi) is 55.5. The zero-order valence-electron chi connectivity index (χ0n) is 46.6. The summed E-state index contributed by atoms with van der Waals surface area (Å²) in [6.07, 6.45) is 86.6. The van der Waals surface area contributed by atoms with Crippen LogP contribution in [0.3, 0.4) is 0 Å². The highest BCUT2D eigenvalue weighted by Gasteiger charge is 2.19. The van der Waals surface area contributed by atoms with Gasteiger partial charge in [-0.2, -0.15) is 0 Å². The Bertz CT molecular complexity index is 1590. The molecule has 0 N–H and O–H groups in total. The molecule has 0 unspecified atom stereocenters. The topological polar surface area (TPSA) is 78.9 Å². The number of carbonyl (C=O) groups excluding carboxylic acids is 3. The first-order valence-corrected chi connectivity index (χ1v) is 29.0. The third-order valence-electron chi connectivity index (χ3n) is 11.5. The van der Waals surface area contributed by atoms with Crippen molar-refractivity contribution in [1.82, 2.24) is 0 Å². The maximum Gasteiger partial charge on any atom is 0.306 e. The maximum absolute atomic E-state index is 12.8. The molecule has 0 saturated carbocycles. The van der Waals surface area contributed by atoms with Crippen molar-refractivity contribution in [2.45, 2.75) is 232 Å². The molecule has 0 aromatic heterocycles. The van der Waals surface area contributed by atoms with Gasteiger partial charge in [0.25, 0.3) is 0 Å². The quantitative estimate of drug-likeness (QED) is 0.0261. The predicted octanol–water partition coefficient (Wildman–Crippen LogP) is 19.8. The molecule has 0 saturated heterocycles. The number of hydrogen-bond donors (Lipinski definition) is 0. The lowest BCUT2D eigenvalue weighted by Gasteiger charge is -2.18. The Hall–Kier alpha value is -4.97. The first-order chi connectivity index (χ1) is 36.0. The van der Waals surface area contributed by atoms with Crippen LogP contribution in [0, 0.1) is 0 Å². The molecule has 0 fully saturated rings. The van der Waals surface area contributed by atoms with Crippen LogP contribution in [0.1, 0.15) is 226 Å². The minimum atomic E-state index is -0.843. The Morgan fingerprint density at radius 2 is 0.548 bits per heavy atom. The summed E-state index contributed by atoms with van der Waals surface area (Å²) in [5.74, 6) is -1.06. The molecule has 0 amide bonds. The van der Waals surface area contributed by atoms with Gasteiger partial charge in [-0.3, -0.25) is 14.4 Å². The minimum absolute atomic E-state index is 0.135. The summed E-state index contributed by atoms with van der Waals surface area (Å²) in [5.41, 5.74) is 0. The molecule has 0 atom stereocenters. The lowest BCUT2D eigenvalue weighted by molar-refractivity contribution is -0.167. The van der Waals surface area contributed by atoms with E-state index >= 15 is 0 Å². The summed E-state index contributed by atoms with van der Waals surface area (Å²) >= 11 is 0. The number of ether oxygens (including phenoxy) is 3. The van der Waals surface area contributed by atoms with E-state index in [1.165, 1.54) is 51.4 Å². The Morgan fingerprint density at radius 1 is 0.288 bits per heavy atom. The summed E-state index contributed by atoms with van der Waals surface area (Å²) < 4.78 is 16.8. The SMILES string of the molecule is CC/C=C\C/C=C\C/C=C\C/C=C\C/C=C\CCCC(=O)OC(COC(=O)CCCCC/C=C\C/C=C\C/C=C\C/C=C\CCCCC)COC(=O)CCCCC/C=C\C/C=C\C/C=C\C/C=C\CCCCC. The number of rotatable bonds is 50. The Labute approximate surface area is 448 Å². The highest BCUT2D eigenvalue weighted by atomic mass is 16.6. The summed E-state index contributed by atoms with van der Waals surface area (Å²) in [4.78, 5) is 38.2. The zero-order valence-corrected chi connectivity index (χ0v) is 46.6. The van der Waals surface area contributed by atoms with Gasteiger partial charge in [0.05, 0.1) is 0 Å². The molecular formula is C67H104O6. The molecule has 6 heteroatoms. The smallest absolute Gasteiger partial charge is 0.306 e. The summed E-state index contributed by atoms with van der Waals surface area (Å²) in [6.45, 7) is 6.35. The van der Waals surface area contributed by atoms with E-state index in [9.17, 15) is 14.4 Å². The number of allylic oxidation sites excluding steroid dienone is 26. The van der Waals surface area contributed by atoms with Gasteiger partial charge in [-0.1, -0.05) is 217 Å². The summed E-state index contributed by atoms with van der Waals surface area (Å²) in [7, 11) is 0. The van der Waals surface area contributed by atoms with Crippen molar-refractivity contribution < 1.29 is 28.6 Å². The van der Waals surface area contributed by atoms with Gasteiger partial charge in [0.2, 0.25) is 0 Å². The Balaban J connectivity index is 4.63. The number of unbranched alkanes of at least 4 members (excludes halogenated alkanes) is 13. The van der Waals surface area contributed by atoms with E-state index in [0.29, 0.717) is 19.3 Å². The van der Waals surface area contributed by atoms with Crippen molar-refractivity contribution in [1.29, 1.82) is 0 Å². The summed E-state index contributed by atoms with van der Waals surface area (Å²) in [6, 6.07) is 0. The van der Waals surface area contributed by atoms with Crippen molar-refractivity contribution in [3.05, 3.63) is 158 Å². The molecule has 0 radical (unpaired) electrons. The van der Waals surface area contributed by atoms with Gasteiger partial charge >= 0.3 is 17.9 Å². The molecule has 0 heterocycles. The van der Waals surface area contributed by atoms with E-state index in [1.54, 1.807) is 0 Å². The molecule has 73 heavy (non-hydrogen) atoms.